The lowest BCUT2D eigenvalue weighted by atomic mass is 10.1. The lowest BCUT2D eigenvalue weighted by Crippen LogP contribution is -2.21. The van der Waals surface area contributed by atoms with Crippen LogP contribution in [0.3, 0.4) is 0 Å². The van der Waals surface area contributed by atoms with Gasteiger partial charge in [0.15, 0.2) is 0 Å². The van der Waals surface area contributed by atoms with Crippen molar-refractivity contribution in [2.45, 2.75) is 6.42 Å². The van der Waals surface area contributed by atoms with E-state index in [1.54, 1.807) is 6.42 Å². The quantitative estimate of drug-likeness (QED) is 0.621. The van der Waals surface area contributed by atoms with E-state index in [4.69, 9.17) is 0 Å². The number of benzene rings is 1. The second kappa shape index (κ2) is 3.76. The van der Waals surface area contributed by atoms with Crippen molar-refractivity contribution >= 4 is 5.97 Å². The number of rotatable bonds is 3. The van der Waals surface area contributed by atoms with Gasteiger partial charge in [-0.15, -0.1) is 0 Å². The summed E-state index contributed by atoms with van der Waals surface area (Å²) < 4.78 is 0. The molecule has 0 aromatic heterocycles. The van der Waals surface area contributed by atoms with Crippen LogP contribution in [0.2, 0.25) is 0 Å². The molecule has 0 saturated heterocycles. The number of carboxylic acid groups (broad SMARTS) is 1. The fraction of sp³-hybridized carbons (Fsp3) is 0.111. The third-order valence-electron chi connectivity index (χ3n) is 1.30. The molecule has 11 heavy (non-hydrogen) atoms. The molecule has 0 aliphatic heterocycles. The predicted octanol–water partition coefficient (Wildman–Crippen LogP) is 0.379. The van der Waals surface area contributed by atoms with E-state index in [0.29, 0.717) is 0 Å². The van der Waals surface area contributed by atoms with E-state index < -0.39 is 5.97 Å². The molecule has 0 spiro atoms. The maximum absolute atomic E-state index is 10.0. The maximum Gasteiger partial charge on any atom is 0.0420 e. The van der Waals surface area contributed by atoms with Crippen molar-refractivity contribution in [3.63, 3.8) is 0 Å². The topological polar surface area (TPSA) is 40.1 Å². The molecule has 0 unspecified atom stereocenters. The van der Waals surface area contributed by atoms with Crippen molar-refractivity contribution in [3.8, 4) is 0 Å². The molecule has 0 atom stereocenters. The average molecular weight is 148 g/mol. The monoisotopic (exact) mass is 148 g/mol. The van der Waals surface area contributed by atoms with Crippen LogP contribution >= 0.6 is 0 Å². The van der Waals surface area contributed by atoms with Gasteiger partial charge >= 0.3 is 0 Å². The third kappa shape index (κ3) is 2.85. The fourth-order valence-corrected chi connectivity index (χ4v) is 0.790. The molecule has 0 N–H and O–H groups in total. The second-order valence-electron chi connectivity index (χ2n) is 2.19. The second-order valence-corrected chi connectivity index (χ2v) is 2.19. The summed E-state index contributed by atoms with van der Waals surface area (Å²) in [6, 6.07) is 9.31. The van der Waals surface area contributed by atoms with Gasteiger partial charge in [-0.2, -0.15) is 0 Å². The van der Waals surface area contributed by atoms with Gasteiger partial charge in [-0.3, -0.25) is 0 Å². The minimum Gasteiger partial charge on any atom is -0.550 e. The fourth-order valence-electron chi connectivity index (χ4n) is 0.790. The zero-order valence-electron chi connectivity index (χ0n) is 5.99. The molecule has 0 aliphatic rings. The zero-order valence-corrected chi connectivity index (χ0v) is 5.99. The summed E-state index contributed by atoms with van der Waals surface area (Å²) >= 11 is 0. The summed E-state index contributed by atoms with van der Waals surface area (Å²) in [7, 11) is 0. The molecule has 0 fully saturated rings. The first-order valence-corrected chi connectivity index (χ1v) is 3.37. The van der Waals surface area contributed by atoms with Gasteiger partial charge in [0.1, 0.15) is 0 Å². The van der Waals surface area contributed by atoms with Gasteiger partial charge in [0.2, 0.25) is 0 Å². The van der Waals surface area contributed by atoms with E-state index in [-0.39, 0.29) is 6.42 Å². The van der Waals surface area contributed by atoms with Crippen LogP contribution in [0.5, 0.6) is 0 Å². The summed E-state index contributed by atoms with van der Waals surface area (Å²) in [5.41, 5.74) is 0.914. The van der Waals surface area contributed by atoms with Crippen LogP contribution in [0.15, 0.2) is 30.3 Å². The number of carbonyl (C=O) groups excluding carboxylic acids is 1. The molecular formula is C9H8O2-. The molecule has 2 heteroatoms. The van der Waals surface area contributed by atoms with Crippen LogP contribution in [-0.2, 0) is 4.79 Å². The molecule has 1 aromatic carbocycles. The highest BCUT2D eigenvalue weighted by Gasteiger charge is 1.90. The van der Waals surface area contributed by atoms with E-state index in [0.717, 1.165) is 5.56 Å². The van der Waals surface area contributed by atoms with Gasteiger partial charge in [-0.1, -0.05) is 30.3 Å². The first-order valence-electron chi connectivity index (χ1n) is 3.37. The van der Waals surface area contributed by atoms with E-state index in [1.807, 2.05) is 30.3 Å². The molecule has 0 saturated carbocycles. The number of carboxylic acids is 1. The Bertz CT molecular complexity index is 229. The van der Waals surface area contributed by atoms with Crippen LogP contribution in [0.1, 0.15) is 12.0 Å². The van der Waals surface area contributed by atoms with Gasteiger partial charge in [0, 0.05) is 5.97 Å². The van der Waals surface area contributed by atoms with Crippen molar-refractivity contribution in [2.24, 2.45) is 0 Å². The minimum absolute atomic E-state index is 0.0238. The standard InChI is InChI=1S/C9H9O2/c10-9(11)7-6-8-4-2-1-3-5-8/h1-6H,7H2,(H,10,11)/p-1. The molecule has 1 aromatic rings. The Morgan fingerprint density at radius 1 is 1.36 bits per heavy atom. The predicted molar refractivity (Wildman–Crippen MR) is 39.5 cm³/mol. The molecule has 0 heterocycles. The molecule has 0 amide bonds. The highest BCUT2D eigenvalue weighted by Crippen LogP contribution is 2.03. The molecule has 2 nitrogen and oxygen atoms in total. The van der Waals surface area contributed by atoms with Crippen molar-refractivity contribution in [2.75, 3.05) is 0 Å². The van der Waals surface area contributed by atoms with Crippen molar-refractivity contribution in [3.05, 3.63) is 42.3 Å². The third-order valence-corrected chi connectivity index (χ3v) is 1.30. The van der Waals surface area contributed by atoms with Gasteiger partial charge in [0.25, 0.3) is 0 Å². The van der Waals surface area contributed by atoms with Gasteiger partial charge in [-0.25, -0.2) is 0 Å². The Kier molecular flexibility index (Phi) is 2.66. The van der Waals surface area contributed by atoms with E-state index in [1.165, 1.54) is 0 Å². The summed E-state index contributed by atoms with van der Waals surface area (Å²) in [5, 5.41) is 10.0. The summed E-state index contributed by atoms with van der Waals surface area (Å²) in [6.07, 6.45) is 1.60. The highest BCUT2D eigenvalue weighted by molar-refractivity contribution is 5.66. The van der Waals surface area contributed by atoms with Gasteiger partial charge in [-0.05, 0) is 18.4 Å². The number of aliphatic carboxylic acids is 1. The van der Waals surface area contributed by atoms with Crippen LogP contribution in [0, 0.1) is 6.42 Å². The van der Waals surface area contributed by atoms with Crippen LogP contribution < -0.4 is 5.11 Å². The van der Waals surface area contributed by atoms with Gasteiger partial charge in [0.05, 0.1) is 0 Å². The van der Waals surface area contributed by atoms with E-state index >= 15 is 0 Å². The number of carbonyl (C=O) groups is 1. The molecule has 57 valence electrons. The van der Waals surface area contributed by atoms with Crippen LogP contribution in [0.4, 0.5) is 0 Å². The SMILES string of the molecule is O=C([O-])C[CH]c1ccccc1. The first-order chi connectivity index (χ1) is 5.29. The Hall–Kier alpha value is -1.31. The number of hydrogen-bond donors (Lipinski definition) is 0. The molecular weight excluding hydrogens is 140 g/mol. The van der Waals surface area contributed by atoms with Gasteiger partial charge < -0.3 is 9.90 Å². The Morgan fingerprint density at radius 3 is 2.55 bits per heavy atom. The molecule has 0 aliphatic carbocycles. The molecule has 0 bridgehead atoms. The lowest BCUT2D eigenvalue weighted by Gasteiger charge is -2.00. The Labute approximate surface area is 65.5 Å². The Balaban J connectivity index is 2.45. The summed E-state index contributed by atoms with van der Waals surface area (Å²) in [4.78, 5) is 10.0. The number of hydrogen-bond acceptors (Lipinski definition) is 2. The smallest absolute Gasteiger partial charge is 0.0420 e. The summed E-state index contributed by atoms with van der Waals surface area (Å²) in [6.45, 7) is 0. The van der Waals surface area contributed by atoms with Crippen LogP contribution in [-0.4, -0.2) is 5.97 Å². The normalized spacial score (nSPS) is 9.45. The maximum atomic E-state index is 10.0. The van der Waals surface area contributed by atoms with Crippen molar-refractivity contribution in [1.29, 1.82) is 0 Å². The lowest BCUT2D eigenvalue weighted by molar-refractivity contribution is -0.304. The molecule has 1 radical (unpaired) electrons. The summed E-state index contributed by atoms with van der Waals surface area (Å²) in [5.74, 6) is -1.05. The zero-order chi connectivity index (χ0) is 8.10. The van der Waals surface area contributed by atoms with Crippen molar-refractivity contribution in [1.82, 2.24) is 0 Å². The van der Waals surface area contributed by atoms with E-state index in [9.17, 15) is 9.90 Å². The average Bonchev–Trinajstić information content (AvgIpc) is 2.03. The first kappa shape index (κ1) is 7.79. The van der Waals surface area contributed by atoms with Crippen molar-refractivity contribution < 1.29 is 9.90 Å². The highest BCUT2D eigenvalue weighted by atomic mass is 16.4. The minimum atomic E-state index is -1.05. The Morgan fingerprint density at radius 2 is 2.00 bits per heavy atom. The molecule has 1 rings (SSSR count). The van der Waals surface area contributed by atoms with E-state index in [2.05, 4.69) is 0 Å². The largest absolute Gasteiger partial charge is 0.550 e. The van der Waals surface area contributed by atoms with Crippen LogP contribution in [0.25, 0.3) is 0 Å².